The third kappa shape index (κ3) is 4.07. The van der Waals surface area contributed by atoms with Crippen LogP contribution < -0.4 is 5.73 Å². The summed E-state index contributed by atoms with van der Waals surface area (Å²) in [5.74, 6) is 0. The van der Waals surface area contributed by atoms with Gasteiger partial charge >= 0.3 is 0 Å². The molecular formula is C10H21NO2. The van der Waals surface area contributed by atoms with Gasteiger partial charge in [-0.2, -0.15) is 0 Å². The molecule has 0 bridgehead atoms. The van der Waals surface area contributed by atoms with Gasteiger partial charge < -0.3 is 15.6 Å². The predicted octanol–water partition coefficient (Wildman–Crippen LogP) is 1.05. The monoisotopic (exact) mass is 187 g/mol. The van der Waals surface area contributed by atoms with Crippen molar-refractivity contribution >= 4 is 0 Å². The van der Waals surface area contributed by atoms with E-state index in [4.69, 9.17) is 10.5 Å². The zero-order chi connectivity index (χ0) is 9.73. The lowest BCUT2D eigenvalue weighted by Gasteiger charge is -2.21. The first-order chi connectivity index (χ1) is 6.14. The number of nitrogens with two attached hydrogens (primary N) is 1. The summed E-state index contributed by atoms with van der Waals surface area (Å²) in [6.07, 6.45) is 6.03. The smallest absolute Gasteiger partial charge is 0.0763 e. The van der Waals surface area contributed by atoms with Gasteiger partial charge in [-0.1, -0.05) is 12.8 Å². The van der Waals surface area contributed by atoms with E-state index in [-0.39, 0.29) is 0 Å². The van der Waals surface area contributed by atoms with Crippen LogP contribution in [0.25, 0.3) is 0 Å². The van der Waals surface area contributed by atoms with Crippen LogP contribution in [0.2, 0.25) is 0 Å². The molecule has 0 aromatic rings. The van der Waals surface area contributed by atoms with Crippen LogP contribution in [0, 0.1) is 0 Å². The molecule has 0 spiro atoms. The van der Waals surface area contributed by atoms with E-state index < -0.39 is 5.60 Å². The molecule has 1 fully saturated rings. The van der Waals surface area contributed by atoms with Crippen LogP contribution in [0.4, 0.5) is 0 Å². The van der Waals surface area contributed by atoms with Gasteiger partial charge in [0.15, 0.2) is 0 Å². The van der Waals surface area contributed by atoms with Gasteiger partial charge in [-0.05, 0) is 19.8 Å². The molecule has 1 saturated carbocycles. The Morgan fingerprint density at radius 2 is 2.08 bits per heavy atom. The Hall–Kier alpha value is -0.120. The van der Waals surface area contributed by atoms with E-state index in [0.717, 1.165) is 0 Å². The number of aliphatic hydroxyl groups is 1. The Morgan fingerprint density at radius 1 is 1.46 bits per heavy atom. The van der Waals surface area contributed by atoms with Crippen LogP contribution in [-0.4, -0.2) is 30.0 Å². The lowest BCUT2D eigenvalue weighted by Crippen LogP contribution is -2.35. The summed E-state index contributed by atoms with van der Waals surface area (Å²) < 4.78 is 5.63. The molecule has 0 aromatic heterocycles. The normalized spacial score (nSPS) is 23.3. The highest BCUT2D eigenvalue weighted by molar-refractivity contribution is 4.73. The second kappa shape index (κ2) is 4.94. The van der Waals surface area contributed by atoms with Gasteiger partial charge in [0.05, 0.1) is 11.7 Å². The lowest BCUT2D eigenvalue weighted by molar-refractivity contribution is -0.00394. The minimum atomic E-state index is -0.751. The largest absolute Gasteiger partial charge is 0.389 e. The standard InChI is InChI=1S/C10H21NO2/c1-10(12,8-11)6-7-13-9-4-2-3-5-9/h9,12H,2-8,11H2,1H3. The van der Waals surface area contributed by atoms with Gasteiger partial charge in [-0.15, -0.1) is 0 Å². The van der Waals surface area contributed by atoms with Crippen LogP contribution in [-0.2, 0) is 4.74 Å². The van der Waals surface area contributed by atoms with Gasteiger partial charge in [-0.3, -0.25) is 0 Å². The van der Waals surface area contributed by atoms with E-state index in [1.165, 1.54) is 25.7 Å². The molecule has 1 atom stereocenters. The zero-order valence-corrected chi connectivity index (χ0v) is 8.46. The van der Waals surface area contributed by atoms with Crippen molar-refractivity contribution in [2.75, 3.05) is 13.2 Å². The average molecular weight is 187 g/mol. The highest BCUT2D eigenvalue weighted by Gasteiger charge is 2.20. The molecular weight excluding hydrogens is 166 g/mol. The molecule has 0 aliphatic heterocycles. The van der Waals surface area contributed by atoms with Gasteiger partial charge in [0.1, 0.15) is 0 Å². The van der Waals surface area contributed by atoms with Gasteiger partial charge in [0, 0.05) is 19.6 Å². The first-order valence-corrected chi connectivity index (χ1v) is 5.18. The van der Waals surface area contributed by atoms with Crippen molar-refractivity contribution in [3.8, 4) is 0 Å². The van der Waals surface area contributed by atoms with Crippen LogP contribution >= 0.6 is 0 Å². The molecule has 13 heavy (non-hydrogen) atoms. The van der Waals surface area contributed by atoms with Crippen molar-refractivity contribution in [3.63, 3.8) is 0 Å². The minimum Gasteiger partial charge on any atom is -0.389 e. The number of ether oxygens (including phenoxy) is 1. The molecule has 1 aliphatic rings. The van der Waals surface area contributed by atoms with Crippen LogP contribution in [0.3, 0.4) is 0 Å². The molecule has 3 nitrogen and oxygen atoms in total. The third-order valence-electron chi connectivity index (χ3n) is 2.74. The maximum absolute atomic E-state index is 9.59. The number of rotatable bonds is 5. The van der Waals surface area contributed by atoms with E-state index in [1.54, 1.807) is 6.92 Å². The van der Waals surface area contributed by atoms with Crippen LogP contribution in [0.5, 0.6) is 0 Å². The van der Waals surface area contributed by atoms with Crippen molar-refractivity contribution < 1.29 is 9.84 Å². The maximum atomic E-state index is 9.59. The molecule has 0 saturated heterocycles. The first kappa shape index (κ1) is 11.0. The summed E-state index contributed by atoms with van der Waals surface area (Å²) in [6, 6.07) is 0. The molecule has 0 amide bonds. The van der Waals surface area contributed by atoms with E-state index >= 15 is 0 Å². The van der Waals surface area contributed by atoms with Crippen molar-refractivity contribution in [3.05, 3.63) is 0 Å². The van der Waals surface area contributed by atoms with E-state index in [9.17, 15) is 5.11 Å². The highest BCUT2D eigenvalue weighted by Crippen LogP contribution is 2.21. The summed E-state index contributed by atoms with van der Waals surface area (Å²) in [6.45, 7) is 2.70. The van der Waals surface area contributed by atoms with Crippen LogP contribution in [0.15, 0.2) is 0 Å². The van der Waals surface area contributed by atoms with Crippen molar-refractivity contribution in [2.45, 2.75) is 50.7 Å². The Morgan fingerprint density at radius 3 is 2.62 bits per heavy atom. The quantitative estimate of drug-likeness (QED) is 0.676. The minimum absolute atomic E-state index is 0.307. The van der Waals surface area contributed by atoms with E-state index in [0.29, 0.717) is 25.7 Å². The third-order valence-corrected chi connectivity index (χ3v) is 2.74. The second-order valence-corrected chi connectivity index (χ2v) is 4.23. The summed E-state index contributed by atoms with van der Waals surface area (Å²) in [5, 5.41) is 9.59. The fraction of sp³-hybridized carbons (Fsp3) is 1.00. The molecule has 0 radical (unpaired) electrons. The number of hydrogen-bond donors (Lipinski definition) is 2. The predicted molar refractivity (Wildman–Crippen MR) is 52.5 cm³/mol. The molecule has 3 heteroatoms. The molecule has 3 N–H and O–H groups in total. The molecule has 78 valence electrons. The Balaban J connectivity index is 2.06. The SMILES string of the molecule is CC(O)(CN)CCOC1CCCC1. The molecule has 0 aromatic carbocycles. The van der Waals surface area contributed by atoms with Crippen molar-refractivity contribution in [1.82, 2.24) is 0 Å². The van der Waals surface area contributed by atoms with Crippen molar-refractivity contribution in [2.24, 2.45) is 5.73 Å². The van der Waals surface area contributed by atoms with Crippen LogP contribution in [0.1, 0.15) is 39.0 Å². The van der Waals surface area contributed by atoms with E-state index in [1.807, 2.05) is 0 Å². The Labute approximate surface area is 80.3 Å². The topological polar surface area (TPSA) is 55.5 Å². The van der Waals surface area contributed by atoms with Gasteiger partial charge in [0.2, 0.25) is 0 Å². The number of hydrogen-bond acceptors (Lipinski definition) is 3. The van der Waals surface area contributed by atoms with Gasteiger partial charge in [-0.25, -0.2) is 0 Å². The Kier molecular flexibility index (Phi) is 4.16. The van der Waals surface area contributed by atoms with Crippen molar-refractivity contribution in [1.29, 1.82) is 0 Å². The zero-order valence-electron chi connectivity index (χ0n) is 8.46. The molecule has 1 unspecified atom stereocenters. The summed E-state index contributed by atoms with van der Waals surface area (Å²) in [7, 11) is 0. The fourth-order valence-electron chi connectivity index (χ4n) is 1.60. The fourth-order valence-corrected chi connectivity index (χ4v) is 1.60. The Bertz CT molecular complexity index is 142. The molecule has 0 heterocycles. The van der Waals surface area contributed by atoms with E-state index in [2.05, 4.69) is 0 Å². The molecule has 1 aliphatic carbocycles. The summed E-state index contributed by atoms with van der Waals surface area (Å²) in [5.41, 5.74) is 4.64. The average Bonchev–Trinajstić information content (AvgIpc) is 2.57. The lowest BCUT2D eigenvalue weighted by atomic mass is 10.0. The van der Waals surface area contributed by atoms with Gasteiger partial charge in [0.25, 0.3) is 0 Å². The highest BCUT2D eigenvalue weighted by atomic mass is 16.5. The summed E-state index contributed by atoms with van der Waals surface area (Å²) in [4.78, 5) is 0. The maximum Gasteiger partial charge on any atom is 0.0763 e. The molecule has 1 rings (SSSR count). The first-order valence-electron chi connectivity index (χ1n) is 5.18. The second-order valence-electron chi connectivity index (χ2n) is 4.23. The summed E-state index contributed by atoms with van der Waals surface area (Å²) >= 11 is 0.